The highest BCUT2D eigenvalue weighted by Gasteiger charge is 2.27. The molecular formula is C17H18BrNO3. The van der Waals surface area contributed by atoms with Gasteiger partial charge in [0.05, 0.1) is 12.8 Å². The lowest BCUT2D eigenvalue weighted by atomic mass is 10.0. The fourth-order valence-corrected chi connectivity index (χ4v) is 3.12. The van der Waals surface area contributed by atoms with Crippen LogP contribution in [0.2, 0.25) is 0 Å². The minimum Gasteiger partial charge on any atom is -0.467 e. The summed E-state index contributed by atoms with van der Waals surface area (Å²) in [4.78, 5) is 14.9. The summed E-state index contributed by atoms with van der Waals surface area (Å²) in [6.07, 6.45) is 3.36. The number of benzene rings is 1. The predicted molar refractivity (Wildman–Crippen MR) is 86.6 cm³/mol. The van der Waals surface area contributed by atoms with Gasteiger partial charge in [0.1, 0.15) is 5.76 Å². The van der Waals surface area contributed by atoms with Crippen LogP contribution < -0.4 is 0 Å². The Balaban J connectivity index is 1.84. The molecule has 1 aliphatic rings. The van der Waals surface area contributed by atoms with Gasteiger partial charge in [-0.15, -0.1) is 0 Å². The lowest BCUT2D eigenvalue weighted by Crippen LogP contribution is -2.42. The summed E-state index contributed by atoms with van der Waals surface area (Å²) in [5, 5.41) is 0. The van der Waals surface area contributed by atoms with Crippen LogP contribution in [0.3, 0.4) is 0 Å². The fourth-order valence-electron chi connectivity index (χ4n) is 2.72. The number of ether oxygens (including phenoxy) is 1. The Kier molecular flexibility index (Phi) is 4.95. The smallest absolute Gasteiger partial charge is 0.254 e. The van der Waals surface area contributed by atoms with E-state index in [1.165, 1.54) is 0 Å². The fraction of sp³-hybridized carbons (Fsp3) is 0.353. The van der Waals surface area contributed by atoms with Crippen LogP contribution >= 0.6 is 15.9 Å². The molecule has 0 N–H and O–H groups in total. The molecule has 0 bridgehead atoms. The van der Waals surface area contributed by atoms with E-state index < -0.39 is 0 Å². The van der Waals surface area contributed by atoms with E-state index in [0.29, 0.717) is 25.3 Å². The van der Waals surface area contributed by atoms with Crippen molar-refractivity contribution in [3.63, 3.8) is 0 Å². The van der Waals surface area contributed by atoms with Crippen LogP contribution in [0.5, 0.6) is 0 Å². The number of hydrogen-bond donors (Lipinski definition) is 0. The first kappa shape index (κ1) is 15.3. The van der Waals surface area contributed by atoms with Crippen LogP contribution in [0.15, 0.2) is 51.6 Å². The standard InChI is InChI=1S/C17H18BrNO3/c18-14-4-1-3-13(11-14)17(20)19(12-16-5-2-8-22-16)15-6-9-21-10-7-15/h1-5,8,11,15H,6-7,9-10,12H2. The number of furan rings is 1. The van der Waals surface area contributed by atoms with Crippen LogP contribution in [0.4, 0.5) is 0 Å². The number of nitrogens with zero attached hydrogens (tertiary/aromatic N) is 1. The molecule has 1 fully saturated rings. The third-order valence-electron chi connectivity index (χ3n) is 3.87. The van der Waals surface area contributed by atoms with E-state index >= 15 is 0 Å². The molecule has 1 saturated heterocycles. The molecule has 3 rings (SSSR count). The molecule has 2 heterocycles. The topological polar surface area (TPSA) is 42.7 Å². The van der Waals surface area contributed by atoms with Crippen molar-refractivity contribution in [3.8, 4) is 0 Å². The van der Waals surface area contributed by atoms with Crippen molar-refractivity contribution < 1.29 is 13.9 Å². The van der Waals surface area contributed by atoms with Gasteiger partial charge in [0.2, 0.25) is 0 Å². The maximum atomic E-state index is 12.9. The van der Waals surface area contributed by atoms with Gasteiger partial charge in [-0.3, -0.25) is 4.79 Å². The molecule has 2 aromatic rings. The Morgan fingerprint density at radius 3 is 2.73 bits per heavy atom. The average molecular weight is 364 g/mol. The number of hydrogen-bond acceptors (Lipinski definition) is 3. The Hall–Kier alpha value is -1.59. The second-order valence-electron chi connectivity index (χ2n) is 5.37. The molecule has 1 amide bonds. The Bertz CT molecular complexity index is 621. The first-order chi connectivity index (χ1) is 10.7. The molecule has 4 nitrogen and oxygen atoms in total. The molecule has 1 aromatic heterocycles. The van der Waals surface area contributed by atoms with Crippen LogP contribution in [0.25, 0.3) is 0 Å². The first-order valence-electron chi connectivity index (χ1n) is 7.41. The van der Waals surface area contributed by atoms with E-state index in [9.17, 15) is 4.79 Å². The van der Waals surface area contributed by atoms with Crippen molar-refractivity contribution in [2.45, 2.75) is 25.4 Å². The first-order valence-corrected chi connectivity index (χ1v) is 8.20. The normalized spacial score (nSPS) is 15.7. The van der Waals surface area contributed by atoms with Gasteiger partial charge in [-0.25, -0.2) is 0 Å². The van der Waals surface area contributed by atoms with E-state index in [1.54, 1.807) is 6.26 Å². The molecule has 1 aliphatic heterocycles. The molecule has 5 heteroatoms. The van der Waals surface area contributed by atoms with Crippen LogP contribution in [-0.2, 0) is 11.3 Å². The zero-order chi connectivity index (χ0) is 15.4. The summed E-state index contributed by atoms with van der Waals surface area (Å²) >= 11 is 3.43. The lowest BCUT2D eigenvalue weighted by Gasteiger charge is -2.34. The zero-order valence-corrected chi connectivity index (χ0v) is 13.8. The largest absolute Gasteiger partial charge is 0.467 e. The van der Waals surface area contributed by atoms with Crippen molar-refractivity contribution >= 4 is 21.8 Å². The number of amides is 1. The van der Waals surface area contributed by atoms with E-state index in [0.717, 1.165) is 23.1 Å². The highest BCUT2D eigenvalue weighted by molar-refractivity contribution is 9.10. The molecule has 0 spiro atoms. The molecule has 0 radical (unpaired) electrons. The Morgan fingerprint density at radius 1 is 1.23 bits per heavy atom. The van der Waals surface area contributed by atoms with Crippen molar-refractivity contribution in [2.24, 2.45) is 0 Å². The Labute approximate surface area is 138 Å². The van der Waals surface area contributed by atoms with Crippen LogP contribution in [0.1, 0.15) is 29.0 Å². The van der Waals surface area contributed by atoms with Gasteiger partial charge in [-0.1, -0.05) is 22.0 Å². The van der Waals surface area contributed by atoms with E-state index in [4.69, 9.17) is 9.15 Å². The molecule has 116 valence electrons. The molecule has 22 heavy (non-hydrogen) atoms. The summed E-state index contributed by atoms with van der Waals surface area (Å²) in [6.45, 7) is 1.89. The van der Waals surface area contributed by atoms with Gasteiger partial charge < -0.3 is 14.1 Å². The third kappa shape index (κ3) is 3.59. The van der Waals surface area contributed by atoms with E-state index in [-0.39, 0.29) is 11.9 Å². The van der Waals surface area contributed by atoms with Gasteiger partial charge in [0, 0.05) is 29.3 Å². The van der Waals surface area contributed by atoms with Crippen molar-refractivity contribution in [1.82, 2.24) is 4.90 Å². The van der Waals surface area contributed by atoms with Gasteiger partial charge in [0.25, 0.3) is 5.91 Å². The summed E-state index contributed by atoms with van der Waals surface area (Å²) < 4.78 is 11.8. The highest BCUT2D eigenvalue weighted by atomic mass is 79.9. The number of carbonyl (C=O) groups is 1. The molecular weight excluding hydrogens is 346 g/mol. The van der Waals surface area contributed by atoms with Crippen LogP contribution in [0, 0.1) is 0 Å². The summed E-state index contributed by atoms with van der Waals surface area (Å²) in [5.41, 5.74) is 0.687. The maximum absolute atomic E-state index is 12.9. The lowest BCUT2D eigenvalue weighted by molar-refractivity contribution is 0.0250. The average Bonchev–Trinajstić information content (AvgIpc) is 3.06. The summed E-state index contributed by atoms with van der Waals surface area (Å²) in [5.74, 6) is 0.833. The molecule has 1 aromatic carbocycles. The third-order valence-corrected chi connectivity index (χ3v) is 4.36. The van der Waals surface area contributed by atoms with Crippen molar-refractivity contribution in [1.29, 1.82) is 0 Å². The monoisotopic (exact) mass is 363 g/mol. The van der Waals surface area contributed by atoms with Crippen molar-refractivity contribution in [2.75, 3.05) is 13.2 Å². The highest BCUT2D eigenvalue weighted by Crippen LogP contribution is 2.22. The van der Waals surface area contributed by atoms with Gasteiger partial charge in [-0.05, 0) is 43.2 Å². The molecule has 0 saturated carbocycles. The number of rotatable bonds is 4. The molecule has 0 atom stereocenters. The summed E-state index contributed by atoms with van der Waals surface area (Å²) in [6, 6.07) is 11.4. The van der Waals surface area contributed by atoms with Crippen molar-refractivity contribution in [3.05, 3.63) is 58.5 Å². The van der Waals surface area contributed by atoms with E-state index in [2.05, 4.69) is 15.9 Å². The minimum absolute atomic E-state index is 0.0320. The Morgan fingerprint density at radius 2 is 2.05 bits per heavy atom. The maximum Gasteiger partial charge on any atom is 0.254 e. The van der Waals surface area contributed by atoms with Crippen LogP contribution in [-0.4, -0.2) is 30.1 Å². The second kappa shape index (κ2) is 7.11. The van der Waals surface area contributed by atoms with Gasteiger partial charge >= 0.3 is 0 Å². The molecule has 0 unspecified atom stereocenters. The van der Waals surface area contributed by atoms with E-state index in [1.807, 2.05) is 41.3 Å². The predicted octanol–water partition coefficient (Wildman–Crippen LogP) is 3.86. The number of carbonyl (C=O) groups excluding carboxylic acids is 1. The molecule has 0 aliphatic carbocycles. The SMILES string of the molecule is O=C(c1cccc(Br)c1)N(Cc1ccco1)C1CCOCC1. The number of halogens is 1. The zero-order valence-electron chi connectivity index (χ0n) is 12.2. The summed E-state index contributed by atoms with van der Waals surface area (Å²) in [7, 11) is 0. The van der Waals surface area contributed by atoms with Gasteiger partial charge in [-0.2, -0.15) is 0 Å². The quantitative estimate of drug-likeness (QED) is 0.827. The second-order valence-corrected chi connectivity index (χ2v) is 6.28. The minimum atomic E-state index is 0.0320. The van der Waals surface area contributed by atoms with Gasteiger partial charge in [0.15, 0.2) is 0 Å².